The predicted molar refractivity (Wildman–Crippen MR) is 69.4 cm³/mol. The number of aromatic nitrogens is 3. The lowest BCUT2D eigenvalue weighted by Gasteiger charge is -2.06. The minimum Gasteiger partial charge on any atom is -0.298 e. The maximum atomic E-state index is 10.6. The number of hydrogen-bond acceptors (Lipinski definition) is 3. The van der Waals surface area contributed by atoms with Crippen LogP contribution in [-0.4, -0.2) is 21.5 Å². The number of rotatable bonds is 2. The van der Waals surface area contributed by atoms with Crippen LogP contribution in [-0.2, 0) is 0 Å². The molecule has 18 heavy (non-hydrogen) atoms. The lowest BCUT2D eigenvalue weighted by atomic mass is 10.0. The molecule has 0 aliphatic rings. The van der Waals surface area contributed by atoms with Crippen molar-refractivity contribution in [3.8, 4) is 11.3 Å². The molecule has 1 N–H and O–H groups in total. The van der Waals surface area contributed by atoms with Crippen molar-refractivity contribution in [2.45, 2.75) is 6.92 Å². The summed E-state index contributed by atoms with van der Waals surface area (Å²) in [7, 11) is 0. The standard InChI is InChI=1S/C14H11N3O/c1-9-2-4-12-11(7-16-17-12)14(9)13-5-3-10(8-18)6-15-13/h2-8H,1H3,(H,16,17). The Morgan fingerprint density at radius 1 is 1.17 bits per heavy atom. The molecule has 4 heteroatoms. The first-order valence-corrected chi connectivity index (χ1v) is 5.64. The molecule has 3 rings (SSSR count). The Morgan fingerprint density at radius 2 is 2.06 bits per heavy atom. The minimum absolute atomic E-state index is 0.579. The van der Waals surface area contributed by atoms with Crippen LogP contribution in [0.4, 0.5) is 0 Å². The largest absolute Gasteiger partial charge is 0.298 e. The van der Waals surface area contributed by atoms with E-state index in [1.807, 2.05) is 25.1 Å². The highest BCUT2D eigenvalue weighted by Gasteiger charge is 2.09. The summed E-state index contributed by atoms with van der Waals surface area (Å²) in [4.78, 5) is 15.0. The van der Waals surface area contributed by atoms with Gasteiger partial charge >= 0.3 is 0 Å². The van der Waals surface area contributed by atoms with E-state index in [0.29, 0.717) is 5.56 Å². The number of fused-ring (bicyclic) bond motifs is 1. The van der Waals surface area contributed by atoms with Crippen LogP contribution >= 0.6 is 0 Å². The van der Waals surface area contributed by atoms with Crippen molar-refractivity contribution in [3.05, 3.63) is 47.8 Å². The molecule has 3 aromatic rings. The quantitative estimate of drug-likeness (QED) is 0.697. The van der Waals surface area contributed by atoms with E-state index in [4.69, 9.17) is 0 Å². The maximum Gasteiger partial charge on any atom is 0.151 e. The summed E-state index contributed by atoms with van der Waals surface area (Å²) < 4.78 is 0. The van der Waals surface area contributed by atoms with Gasteiger partial charge in [-0.25, -0.2) is 0 Å². The normalized spacial score (nSPS) is 10.7. The first-order chi connectivity index (χ1) is 8.79. The molecule has 0 amide bonds. The summed E-state index contributed by atoms with van der Waals surface area (Å²) in [5, 5.41) is 8.04. The highest BCUT2D eigenvalue weighted by Crippen LogP contribution is 2.29. The van der Waals surface area contributed by atoms with Crippen LogP contribution in [0.15, 0.2) is 36.7 Å². The first kappa shape index (κ1) is 10.7. The summed E-state index contributed by atoms with van der Waals surface area (Å²) in [6.07, 6.45) is 4.18. The summed E-state index contributed by atoms with van der Waals surface area (Å²) in [6.45, 7) is 2.04. The molecule has 0 saturated heterocycles. The number of aromatic amines is 1. The molecule has 88 valence electrons. The van der Waals surface area contributed by atoms with E-state index in [1.165, 1.54) is 0 Å². The van der Waals surface area contributed by atoms with Crippen molar-refractivity contribution in [1.82, 2.24) is 15.2 Å². The van der Waals surface area contributed by atoms with Gasteiger partial charge in [-0.2, -0.15) is 5.10 Å². The van der Waals surface area contributed by atoms with Crippen molar-refractivity contribution < 1.29 is 4.79 Å². The van der Waals surface area contributed by atoms with E-state index in [2.05, 4.69) is 15.2 Å². The predicted octanol–water partition coefficient (Wildman–Crippen LogP) is 2.75. The Morgan fingerprint density at radius 3 is 2.78 bits per heavy atom. The third kappa shape index (κ3) is 1.59. The topological polar surface area (TPSA) is 58.6 Å². The average Bonchev–Trinajstić information content (AvgIpc) is 2.87. The molecule has 4 nitrogen and oxygen atoms in total. The molecular formula is C14H11N3O. The number of nitrogens with zero attached hydrogens (tertiary/aromatic N) is 2. The van der Waals surface area contributed by atoms with Crippen molar-refractivity contribution >= 4 is 17.2 Å². The number of hydrogen-bond donors (Lipinski definition) is 1. The van der Waals surface area contributed by atoms with E-state index in [0.717, 1.165) is 34.0 Å². The third-order valence-electron chi connectivity index (χ3n) is 3.01. The van der Waals surface area contributed by atoms with Gasteiger partial charge in [-0.3, -0.25) is 14.9 Å². The molecule has 0 saturated carbocycles. The van der Waals surface area contributed by atoms with Crippen LogP contribution in [0.25, 0.3) is 22.2 Å². The summed E-state index contributed by atoms with van der Waals surface area (Å²) in [5.74, 6) is 0. The number of aryl methyl sites for hydroxylation is 1. The molecule has 0 aliphatic heterocycles. The average molecular weight is 237 g/mol. The Labute approximate surface area is 104 Å². The van der Waals surface area contributed by atoms with E-state index < -0.39 is 0 Å². The van der Waals surface area contributed by atoms with Crippen LogP contribution in [0.5, 0.6) is 0 Å². The van der Waals surface area contributed by atoms with E-state index in [1.54, 1.807) is 18.5 Å². The zero-order chi connectivity index (χ0) is 12.5. The molecule has 0 atom stereocenters. The Balaban J connectivity index is 2.26. The number of pyridine rings is 1. The highest BCUT2D eigenvalue weighted by atomic mass is 16.1. The van der Waals surface area contributed by atoms with Gasteiger partial charge in [-0.05, 0) is 30.7 Å². The van der Waals surface area contributed by atoms with Crippen molar-refractivity contribution in [3.63, 3.8) is 0 Å². The minimum atomic E-state index is 0.579. The van der Waals surface area contributed by atoms with Crippen molar-refractivity contribution in [2.75, 3.05) is 0 Å². The number of nitrogens with one attached hydrogen (secondary N) is 1. The van der Waals surface area contributed by atoms with E-state index in [-0.39, 0.29) is 0 Å². The fraction of sp³-hybridized carbons (Fsp3) is 0.0714. The van der Waals surface area contributed by atoms with Gasteiger partial charge in [0.1, 0.15) is 0 Å². The molecule has 2 aromatic heterocycles. The zero-order valence-electron chi connectivity index (χ0n) is 9.84. The van der Waals surface area contributed by atoms with Crippen molar-refractivity contribution in [2.24, 2.45) is 0 Å². The molecule has 0 spiro atoms. The van der Waals surface area contributed by atoms with Gasteiger partial charge in [-0.15, -0.1) is 0 Å². The van der Waals surface area contributed by atoms with Gasteiger partial charge in [0.15, 0.2) is 6.29 Å². The molecule has 0 radical (unpaired) electrons. The Kier molecular flexibility index (Phi) is 2.41. The summed E-state index contributed by atoms with van der Waals surface area (Å²) in [6, 6.07) is 7.66. The number of carbonyl (C=O) groups is 1. The van der Waals surface area contributed by atoms with Crippen LogP contribution in [0.1, 0.15) is 15.9 Å². The van der Waals surface area contributed by atoms with Gasteiger partial charge in [0.2, 0.25) is 0 Å². The van der Waals surface area contributed by atoms with Gasteiger partial charge in [0.25, 0.3) is 0 Å². The van der Waals surface area contributed by atoms with E-state index >= 15 is 0 Å². The van der Waals surface area contributed by atoms with Gasteiger partial charge in [-0.1, -0.05) is 6.07 Å². The SMILES string of the molecule is Cc1ccc2[nH]ncc2c1-c1ccc(C=O)cn1. The van der Waals surface area contributed by atoms with Crippen LogP contribution in [0, 0.1) is 6.92 Å². The fourth-order valence-electron chi connectivity index (χ4n) is 2.09. The number of H-pyrrole nitrogens is 1. The number of carbonyl (C=O) groups excluding carboxylic acids is 1. The van der Waals surface area contributed by atoms with Gasteiger partial charge < -0.3 is 0 Å². The van der Waals surface area contributed by atoms with Crippen molar-refractivity contribution in [1.29, 1.82) is 0 Å². The van der Waals surface area contributed by atoms with Crippen LogP contribution in [0.3, 0.4) is 0 Å². The fourth-order valence-corrected chi connectivity index (χ4v) is 2.09. The van der Waals surface area contributed by atoms with E-state index in [9.17, 15) is 4.79 Å². The second kappa shape index (κ2) is 4.07. The second-order valence-electron chi connectivity index (χ2n) is 4.18. The zero-order valence-corrected chi connectivity index (χ0v) is 9.84. The first-order valence-electron chi connectivity index (χ1n) is 5.64. The molecule has 0 fully saturated rings. The second-order valence-corrected chi connectivity index (χ2v) is 4.18. The van der Waals surface area contributed by atoms with Crippen LogP contribution in [0.2, 0.25) is 0 Å². The maximum absolute atomic E-state index is 10.6. The smallest absolute Gasteiger partial charge is 0.151 e. The summed E-state index contributed by atoms with van der Waals surface area (Å²) in [5.41, 5.74) is 4.60. The Bertz CT molecular complexity index is 713. The molecule has 1 aromatic carbocycles. The lowest BCUT2D eigenvalue weighted by Crippen LogP contribution is -1.90. The molecule has 0 unspecified atom stereocenters. The third-order valence-corrected chi connectivity index (χ3v) is 3.01. The van der Waals surface area contributed by atoms with Crippen LogP contribution < -0.4 is 0 Å². The monoisotopic (exact) mass is 237 g/mol. The molecular weight excluding hydrogens is 226 g/mol. The molecule has 0 aliphatic carbocycles. The highest BCUT2D eigenvalue weighted by molar-refractivity contribution is 5.95. The lowest BCUT2D eigenvalue weighted by molar-refractivity contribution is 0.112. The Hall–Kier alpha value is -2.49. The van der Waals surface area contributed by atoms with Gasteiger partial charge in [0, 0.05) is 22.7 Å². The molecule has 0 bridgehead atoms. The number of aldehydes is 1. The molecule has 2 heterocycles. The summed E-state index contributed by atoms with van der Waals surface area (Å²) >= 11 is 0. The van der Waals surface area contributed by atoms with Gasteiger partial charge in [0.05, 0.1) is 17.4 Å². The number of benzene rings is 1.